The van der Waals surface area contributed by atoms with E-state index < -0.39 is 11.1 Å². The number of carbonyl (C=O) groups is 2. The van der Waals surface area contributed by atoms with Gasteiger partial charge < -0.3 is 19.9 Å². The fourth-order valence-electron chi connectivity index (χ4n) is 4.04. The van der Waals surface area contributed by atoms with E-state index in [4.69, 9.17) is 9.31 Å². The first-order chi connectivity index (χ1) is 15.2. The van der Waals surface area contributed by atoms with Gasteiger partial charge in [-0.25, -0.2) is 0 Å². The first-order valence-corrected chi connectivity index (χ1v) is 12.0. The Hall–Kier alpha value is -1.93. The van der Waals surface area contributed by atoms with Crippen LogP contribution in [0.1, 0.15) is 86.8 Å². The highest BCUT2D eigenvalue weighted by molar-refractivity contribution is 6.45. The summed E-state index contributed by atoms with van der Waals surface area (Å²) in [4.78, 5) is 30.0. The van der Waals surface area contributed by atoms with Crippen LogP contribution >= 0.6 is 0 Å². The lowest BCUT2D eigenvalue weighted by atomic mass is 9.79. The van der Waals surface area contributed by atoms with Crippen LogP contribution < -0.4 is 10.6 Å². The van der Waals surface area contributed by atoms with Crippen molar-refractivity contribution in [3.8, 4) is 0 Å². The number of unbranched alkanes of at least 4 members (excludes halogenated alkanes) is 1. The highest BCUT2D eigenvalue weighted by Gasteiger charge is 2.50. The summed E-state index contributed by atoms with van der Waals surface area (Å²) in [5.74, 6) is -0.372. The number of aromatic nitrogens is 1. The van der Waals surface area contributed by atoms with Crippen molar-refractivity contribution in [2.45, 2.75) is 116 Å². The van der Waals surface area contributed by atoms with Crippen molar-refractivity contribution in [1.82, 2.24) is 15.6 Å². The molecule has 2 rings (SSSR count). The van der Waals surface area contributed by atoms with Gasteiger partial charge in [-0.3, -0.25) is 14.6 Å². The van der Waals surface area contributed by atoms with E-state index in [1.54, 1.807) is 6.20 Å². The van der Waals surface area contributed by atoms with E-state index in [0.717, 1.165) is 24.9 Å². The Bertz CT molecular complexity index is 792. The molecule has 2 amide bonds. The molecule has 1 fully saturated rings. The number of rotatable bonds is 10. The van der Waals surface area contributed by atoms with E-state index in [1.165, 1.54) is 6.92 Å². The van der Waals surface area contributed by atoms with Gasteiger partial charge in [0.2, 0.25) is 11.8 Å². The Morgan fingerprint density at radius 1 is 1.00 bits per heavy atom. The zero-order chi connectivity index (χ0) is 24.9. The third-order valence-electron chi connectivity index (χ3n) is 6.47. The quantitative estimate of drug-likeness (QED) is 0.407. The van der Waals surface area contributed by atoms with Crippen LogP contribution in [0.3, 0.4) is 0 Å². The molecule has 1 aliphatic rings. The van der Waals surface area contributed by atoms with Gasteiger partial charge in [-0.15, -0.1) is 0 Å². The molecule has 1 saturated heterocycles. The second-order valence-electron chi connectivity index (χ2n) is 11.2. The van der Waals surface area contributed by atoms with Gasteiger partial charge >= 0.3 is 7.12 Å². The number of amides is 2. The molecular formula is C25H42BN3O4. The highest BCUT2D eigenvalue weighted by atomic mass is 16.7. The van der Waals surface area contributed by atoms with Crippen molar-refractivity contribution in [3.05, 3.63) is 30.1 Å². The summed E-state index contributed by atoms with van der Waals surface area (Å²) in [5, 5.41) is 6.08. The van der Waals surface area contributed by atoms with E-state index in [2.05, 4.69) is 15.6 Å². The minimum absolute atomic E-state index is 0.156. The van der Waals surface area contributed by atoms with Crippen molar-refractivity contribution in [2.24, 2.45) is 0 Å². The van der Waals surface area contributed by atoms with E-state index >= 15 is 0 Å². The lowest BCUT2D eigenvalue weighted by Gasteiger charge is -2.36. The lowest BCUT2D eigenvalue weighted by molar-refractivity contribution is -0.134. The van der Waals surface area contributed by atoms with Crippen molar-refractivity contribution in [2.75, 3.05) is 0 Å². The smallest absolute Gasteiger partial charge is 0.403 e. The maximum atomic E-state index is 13.5. The van der Waals surface area contributed by atoms with Crippen molar-refractivity contribution < 1.29 is 18.9 Å². The zero-order valence-electron chi connectivity index (χ0n) is 21.7. The first-order valence-electron chi connectivity index (χ1n) is 12.0. The Labute approximate surface area is 199 Å². The fraction of sp³-hybridized carbons (Fsp3) is 0.720. The van der Waals surface area contributed by atoms with Crippen LogP contribution in [-0.4, -0.2) is 46.2 Å². The van der Waals surface area contributed by atoms with Crippen LogP contribution in [0.4, 0.5) is 0 Å². The minimum Gasteiger partial charge on any atom is -0.403 e. The predicted octanol–water partition coefficient (Wildman–Crippen LogP) is 4.07. The Morgan fingerprint density at radius 2 is 1.64 bits per heavy atom. The average Bonchev–Trinajstić information content (AvgIpc) is 2.88. The van der Waals surface area contributed by atoms with Gasteiger partial charge in [0.1, 0.15) is 5.54 Å². The van der Waals surface area contributed by atoms with E-state index in [1.807, 2.05) is 66.7 Å². The summed E-state index contributed by atoms with van der Waals surface area (Å²) in [5.41, 5.74) is -1.23. The highest BCUT2D eigenvalue weighted by Crippen LogP contribution is 2.38. The number of hydrogen-bond acceptors (Lipinski definition) is 5. The zero-order valence-corrected chi connectivity index (χ0v) is 21.7. The lowest BCUT2D eigenvalue weighted by Crippen LogP contribution is -2.61. The number of nitrogens with zero attached hydrogens (tertiary/aromatic N) is 1. The number of carbonyl (C=O) groups excluding carboxylic acids is 2. The van der Waals surface area contributed by atoms with Crippen LogP contribution in [0.25, 0.3) is 0 Å². The fourth-order valence-corrected chi connectivity index (χ4v) is 4.04. The molecule has 1 aliphatic heterocycles. The van der Waals surface area contributed by atoms with Gasteiger partial charge in [-0.05, 0) is 86.2 Å². The standard InChI is InChI=1S/C25H42BN3O4/c1-19(30)28-25(21(31)29-22(2,3)4,16-14-20-13-9-12-18-27-20)15-10-11-17-26-32-23(5,6)24(7,8)33-26/h9,12-13,18H,10-11,14-17H2,1-8H3,(H,28,30)(H,29,31). The molecule has 2 N–H and O–H groups in total. The Balaban J connectivity index is 2.10. The van der Waals surface area contributed by atoms with Gasteiger partial charge in [0.15, 0.2) is 0 Å². The first kappa shape index (κ1) is 27.3. The second-order valence-corrected chi connectivity index (χ2v) is 11.2. The molecule has 1 aromatic rings. The van der Waals surface area contributed by atoms with Crippen molar-refractivity contribution >= 4 is 18.9 Å². The van der Waals surface area contributed by atoms with Crippen LogP contribution in [-0.2, 0) is 25.3 Å². The topological polar surface area (TPSA) is 89.6 Å². The van der Waals surface area contributed by atoms with Crippen molar-refractivity contribution in [3.63, 3.8) is 0 Å². The number of hydrogen-bond donors (Lipinski definition) is 2. The van der Waals surface area contributed by atoms with Gasteiger partial charge in [-0.1, -0.05) is 18.9 Å². The van der Waals surface area contributed by atoms with Gasteiger partial charge in [0.05, 0.1) is 11.2 Å². The molecule has 8 heteroatoms. The largest absolute Gasteiger partial charge is 0.457 e. The third-order valence-corrected chi connectivity index (χ3v) is 6.47. The van der Waals surface area contributed by atoms with Gasteiger partial charge in [-0.2, -0.15) is 0 Å². The number of pyridine rings is 1. The molecule has 1 aromatic heterocycles. The molecule has 1 atom stereocenters. The van der Waals surface area contributed by atoms with Gasteiger partial charge in [0.25, 0.3) is 0 Å². The summed E-state index contributed by atoms with van der Waals surface area (Å²) in [6.07, 6.45) is 5.66. The maximum Gasteiger partial charge on any atom is 0.457 e. The summed E-state index contributed by atoms with van der Waals surface area (Å²) >= 11 is 0. The number of nitrogens with one attached hydrogen (secondary N) is 2. The molecule has 0 aromatic carbocycles. The van der Waals surface area contributed by atoms with Crippen molar-refractivity contribution in [1.29, 1.82) is 0 Å². The SMILES string of the molecule is CC(=O)NC(CCCCB1OC(C)(C)C(C)(C)O1)(CCc1ccccn1)C(=O)NC(C)(C)C. The van der Waals surface area contributed by atoms with E-state index in [-0.39, 0.29) is 30.1 Å². The van der Waals surface area contributed by atoms with E-state index in [9.17, 15) is 9.59 Å². The summed E-state index contributed by atoms with van der Waals surface area (Å²) in [6, 6.07) is 5.74. The average molecular weight is 459 g/mol. The maximum absolute atomic E-state index is 13.5. The van der Waals surface area contributed by atoms with Crippen LogP contribution in [0.15, 0.2) is 24.4 Å². The predicted molar refractivity (Wildman–Crippen MR) is 132 cm³/mol. The molecule has 0 radical (unpaired) electrons. The monoisotopic (exact) mass is 459 g/mol. The van der Waals surface area contributed by atoms with Gasteiger partial charge in [0, 0.05) is 24.4 Å². The normalized spacial score (nSPS) is 19.1. The van der Waals surface area contributed by atoms with Crippen LogP contribution in [0.2, 0.25) is 6.32 Å². The molecule has 0 bridgehead atoms. The van der Waals surface area contributed by atoms with Crippen LogP contribution in [0, 0.1) is 0 Å². The minimum atomic E-state index is -1.01. The molecule has 184 valence electrons. The molecule has 0 spiro atoms. The summed E-state index contributed by atoms with van der Waals surface area (Å²) in [6.45, 7) is 15.5. The Morgan fingerprint density at radius 3 is 2.15 bits per heavy atom. The van der Waals surface area contributed by atoms with Crippen LogP contribution in [0.5, 0.6) is 0 Å². The number of aryl methyl sites for hydroxylation is 1. The molecule has 0 saturated carbocycles. The molecule has 7 nitrogen and oxygen atoms in total. The third kappa shape index (κ3) is 7.82. The van der Waals surface area contributed by atoms with E-state index in [0.29, 0.717) is 19.3 Å². The molecule has 33 heavy (non-hydrogen) atoms. The Kier molecular flexibility index (Phi) is 8.74. The second kappa shape index (κ2) is 10.6. The molecule has 0 aliphatic carbocycles. The molecule has 1 unspecified atom stereocenters. The molecular weight excluding hydrogens is 417 g/mol. The summed E-state index contributed by atoms with van der Waals surface area (Å²) < 4.78 is 12.2. The molecule has 2 heterocycles. The summed E-state index contributed by atoms with van der Waals surface area (Å²) in [7, 11) is -0.262.